The van der Waals surface area contributed by atoms with Gasteiger partial charge in [0.25, 0.3) is 0 Å². The van der Waals surface area contributed by atoms with Crippen LogP contribution in [0.3, 0.4) is 0 Å². The SMILES string of the molecule is COCOC1CC(C)(C)C=C1Br. The molecule has 0 aromatic heterocycles. The predicted molar refractivity (Wildman–Crippen MR) is 52.2 cm³/mol. The van der Waals surface area contributed by atoms with E-state index in [1.807, 2.05) is 0 Å². The van der Waals surface area contributed by atoms with Crippen molar-refractivity contribution >= 4 is 15.9 Å². The van der Waals surface area contributed by atoms with E-state index in [2.05, 4.69) is 35.9 Å². The molecule has 0 fully saturated rings. The smallest absolute Gasteiger partial charge is 0.147 e. The molecule has 0 aliphatic heterocycles. The first kappa shape index (κ1) is 10.2. The van der Waals surface area contributed by atoms with Gasteiger partial charge < -0.3 is 9.47 Å². The summed E-state index contributed by atoms with van der Waals surface area (Å²) in [5.74, 6) is 0. The van der Waals surface area contributed by atoms with Crippen LogP contribution in [0.15, 0.2) is 10.6 Å². The van der Waals surface area contributed by atoms with Crippen LogP contribution in [-0.4, -0.2) is 20.0 Å². The third kappa shape index (κ3) is 2.57. The first-order valence-corrected chi connectivity index (χ1v) is 4.83. The van der Waals surface area contributed by atoms with E-state index in [1.54, 1.807) is 7.11 Å². The highest BCUT2D eigenvalue weighted by Crippen LogP contribution is 2.39. The fraction of sp³-hybridized carbons (Fsp3) is 0.778. The molecule has 0 heterocycles. The Balaban J connectivity index is 2.45. The predicted octanol–water partition coefficient (Wildman–Crippen LogP) is 2.68. The lowest BCUT2D eigenvalue weighted by Gasteiger charge is -2.17. The molecule has 1 atom stereocenters. The Morgan fingerprint density at radius 1 is 1.67 bits per heavy atom. The summed E-state index contributed by atoms with van der Waals surface area (Å²) >= 11 is 3.49. The number of halogens is 1. The third-order valence-electron chi connectivity index (χ3n) is 1.93. The van der Waals surface area contributed by atoms with Crippen molar-refractivity contribution in [1.82, 2.24) is 0 Å². The van der Waals surface area contributed by atoms with Crippen molar-refractivity contribution in [2.75, 3.05) is 13.9 Å². The van der Waals surface area contributed by atoms with Crippen molar-refractivity contribution in [1.29, 1.82) is 0 Å². The Morgan fingerprint density at radius 2 is 2.33 bits per heavy atom. The highest BCUT2D eigenvalue weighted by Gasteiger charge is 2.31. The van der Waals surface area contributed by atoms with E-state index >= 15 is 0 Å². The number of methoxy groups -OCH3 is 1. The van der Waals surface area contributed by atoms with Crippen molar-refractivity contribution in [2.24, 2.45) is 5.41 Å². The quantitative estimate of drug-likeness (QED) is 0.700. The lowest BCUT2D eigenvalue weighted by molar-refractivity contribution is -0.0603. The van der Waals surface area contributed by atoms with Crippen LogP contribution in [0, 0.1) is 5.41 Å². The molecule has 12 heavy (non-hydrogen) atoms. The maximum Gasteiger partial charge on any atom is 0.147 e. The molecule has 0 saturated carbocycles. The van der Waals surface area contributed by atoms with Gasteiger partial charge in [0.15, 0.2) is 0 Å². The van der Waals surface area contributed by atoms with E-state index in [0.717, 1.165) is 10.9 Å². The van der Waals surface area contributed by atoms with Gasteiger partial charge in [-0.15, -0.1) is 0 Å². The van der Waals surface area contributed by atoms with E-state index in [-0.39, 0.29) is 11.5 Å². The Kier molecular flexibility index (Phi) is 3.32. The summed E-state index contributed by atoms with van der Waals surface area (Å²) in [4.78, 5) is 0. The van der Waals surface area contributed by atoms with Crippen LogP contribution >= 0.6 is 15.9 Å². The van der Waals surface area contributed by atoms with Crippen LogP contribution in [0.4, 0.5) is 0 Å². The topological polar surface area (TPSA) is 18.5 Å². The van der Waals surface area contributed by atoms with Crippen molar-refractivity contribution < 1.29 is 9.47 Å². The maximum atomic E-state index is 5.46. The minimum Gasteiger partial charge on any atom is -0.359 e. The van der Waals surface area contributed by atoms with Crippen molar-refractivity contribution in [3.63, 3.8) is 0 Å². The second kappa shape index (κ2) is 3.90. The zero-order chi connectivity index (χ0) is 9.19. The molecule has 0 amide bonds. The molecule has 3 heteroatoms. The van der Waals surface area contributed by atoms with Crippen LogP contribution in [0.25, 0.3) is 0 Å². The summed E-state index contributed by atoms with van der Waals surface area (Å²) in [7, 11) is 1.64. The summed E-state index contributed by atoms with van der Waals surface area (Å²) in [6.45, 7) is 4.76. The van der Waals surface area contributed by atoms with Gasteiger partial charge in [0.2, 0.25) is 0 Å². The first-order valence-electron chi connectivity index (χ1n) is 4.04. The standard InChI is InChI=1S/C9H15BrO2/c1-9(2)4-7(10)8(5-9)12-6-11-3/h4,8H,5-6H2,1-3H3. The van der Waals surface area contributed by atoms with Crippen LogP contribution in [0.1, 0.15) is 20.3 Å². The highest BCUT2D eigenvalue weighted by molar-refractivity contribution is 9.11. The molecule has 1 aliphatic rings. The van der Waals surface area contributed by atoms with Gasteiger partial charge in [-0.1, -0.05) is 35.9 Å². The molecule has 0 bridgehead atoms. The summed E-state index contributed by atoms with van der Waals surface area (Å²) in [6.07, 6.45) is 3.41. The van der Waals surface area contributed by atoms with Crippen LogP contribution in [0.2, 0.25) is 0 Å². The highest BCUT2D eigenvalue weighted by atomic mass is 79.9. The van der Waals surface area contributed by atoms with Gasteiger partial charge in [-0.05, 0) is 11.8 Å². The maximum absolute atomic E-state index is 5.46. The van der Waals surface area contributed by atoms with Gasteiger partial charge in [0.05, 0.1) is 6.10 Å². The van der Waals surface area contributed by atoms with E-state index in [4.69, 9.17) is 9.47 Å². The lowest BCUT2D eigenvalue weighted by atomic mass is 9.93. The van der Waals surface area contributed by atoms with E-state index in [0.29, 0.717) is 6.79 Å². The number of rotatable bonds is 3. The molecule has 70 valence electrons. The van der Waals surface area contributed by atoms with E-state index < -0.39 is 0 Å². The minimum atomic E-state index is 0.181. The summed E-state index contributed by atoms with van der Waals surface area (Å²) < 4.78 is 11.5. The van der Waals surface area contributed by atoms with Gasteiger partial charge in [-0.3, -0.25) is 0 Å². The molecule has 0 N–H and O–H groups in total. The molecular formula is C9H15BrO2. The summed E-state index contributed by atoms with van der Waals surface area (Å²) in [5, 5.41) is 0. The first-order chi connectivity index (χ1) is 5.55. The zero-order valence-electron chi connectivity index (χ0n) is 7.76. The molecule has 0 aromatic rings. The number of allylic oxidation sites excluding steroid dienone is 1. The second-order valence-corrected chi connectivity index (χ2v) is 4.70. The Hall–Kier alpha value is 0.140. The number of ether oxygens (including phenoxy) is 2. The normalized spacial score (nSPS) is 27.3. The van der Waals surface area contributed by atoms with Gasteiger partial charge >= 0.3 is 0 Å². The van der Waals surface area contributed by atoms with Crippen LogP contribution < -0.4 is 0 Å². The Bertz CT molecular complexity index is 187. The van der Waals surface area contributed by atoms with Crippen LogP contribution in [0.5, 0.6) is 0 Å². The Labute approximate surface area is 82.1 Å². The van der Waals surface area contributed by atoms with Crippen molar-refractivity contribution in [2.45, 2.75) is 26.4 Å². The summed E-state index contributed by atoms with van der Waals surface area (Å²) in [6, 6.07) is 0. The molecule has 0 aromatic carbocycles. The largest absolute Gasteiger partial charge is 0.359 e. The van der Waals surface area contributed by atoms with Gasteiger partial charge in [0, 0.05) is 11.6 Å². The molecule has 1 unspecified atom stereocenters. The third-order valence-corrected chi connectivity index (χ3v) is 2.67. The Morgan fingerprint density at radius 3 is 2.75 bits per heavy atom. The summed E-state index contributed by atoms with van der Waals surface area (Å²) in [5.41, 5.74) is 0.247. The fourth-order valence-corrected chi connectivity index (χ4v) is 2.30. The fourth-order valence-electron chi connectivity index (χ4n) is 1.39. The molecule has 0 saturated heterocycles. The molecule has 0 radical (unpaired) electrons. The van der Waals surface area contributed by atoms with Crippen LogP contribution in [-0.2, 0) is 9.47 Å². The second-order valence-electron chi connectivity index (χ2n) is 3.78. The van der Waals surface area contributed by atoms with Crippen molar-refractivity contribution in [3.05, 3.63) is 10.6 Å². The van der Waals surface area contributed by atoms with Gasteiger partial charge in [0.1, 0.15) is 6.79 Å². The number of hydrogen-bond acceptors (Lipinski definition) is 2. The van der Waals surface area contributed by atoms with Crippen molar-refractivity contribution in [3.8, 4) is 0 Å². The lowest BCUT2D eigenvalue weighted by Crippen LogP contribution is -2.15. The molecule has 1 rings (SSSR count). The monoisotopic (exact) mass is 234 g/mol. The molecule has 1 aliphatic carbocycles. The molecule has 2 nitrogen and oxygen atoms in total. The molecule has 0 spiro atoms. The average Bonchev–Trinajstić information content (AvgIpc) is 2.20. The van der Waals surface area contributed by atoms with E-state index in [9.17, 15) is 0 Å². The van der Waals surface area contributed by atoms with E-state index in [1.165, 1.54) is 0 Å². The minimum absolute atomic E-state index is 0.181. The van der Waals surface area contributed by atoms with Gasteiger partial charge in [-0.2, -0.15) is 0 Å². The zero-order valence-corrected chi connectivity index (χ0v) is 9.35. The average molecular weight is 235 g/mol. The van der Waals surface area contributed by atoms with Gasteiger partial charge in [-0.25, -0.2) is 0 Å². The number of hydrogen-bond donors (Lipinski definition) is 0. The molecular weight excluding hydrogens is 220 g/mol.